The number of anilines is 1. The molecule has 0 saturated carbocycles. The molecule has 3 rings (SSSR count). The first-order valence-electron chi connectivity index (χ1n) is 7.02. The second kappa shape index (κ2) is 5.89. The van der Waals surface area contributed by atoms with Gasteiger partial charge in [-0.2, -0.15) is 5.10 Å². The molecule has 0 radical (unpaired) electrons. The molecule has 0 aliphatic rings. The monoisotopic (exact) mass is 330 g/mol. The van der Waals surface area contributed by atoms with E-state index in [4.69, 9.17) is 16.1 Å². The van der Waals surface area contributed by atoms with Gasteiger partial charge in [-0.3, -0.25) is 4.79 Å². The molecular weight excluding hydrogens is 316 g/mol. The quantitative estimate of drug-likeness (QED) is 0.794. The van der Waals surface area contributed by atoms with E-state index in [1.54, 1.807) is 24.6 Å². The van der Waals surface area contributed by atoms with E-state index in [2.05, 4.69) is 15.6 Å². The molecule has 0 fully saturated rings. The fraction of sp³-hybridized carbons (Fsp3) is 0.188. The van der Waals surface area contributed by atoms with Gasteiger partial charge in [0.2, 0.25) is 0 Å². The molecule has 2 aromatic heterocycles. The van der Waals surface area contributed by atoms with Crippen LogP contribution in [0, 0.1) is 20.8 Å². The van der Waals surface area contributed by atoms with E-state index < -0.39 is 0 Å². The first-order valence-corrected chi connectivity index (χ1v) is 7.40. The molecule has 7 heteroatoms. The molecule has 0 spiro atoms. The molecule has 0 aliphatic carbocycles. The fourth-order valence-electron chi connectivity index (χ4n) is 2.34. The number of aromatic nitrogens is 3. The van der Waals surface area contributed by atoms with Gasteiger partial charge in [-0.15, -0.1) is 0 Å². The lowest BCUT2D eigenvalue weighted by atomic mass is 10.2. The van der Waals surface area contributed by atoms with Crippen LogP contribution in [0.1, 0.15) is 27.5 Å². The molecule has 3 aromatic rings. The van der Waals surface area contributed by atoms with E-state index in [1.165, 1.54) is 6.20 Å². The SMILES string of the molecule is Cc1noc(C)c1NC(=O)c1cnn(-c2ccccc2Cl)c1C. The predicted molar refractivity (Wildman–Crippen MR) is 87.2 cm³/mol. The van der Waals surface area contributed by atoms with Gasteiger partial charge in [-0.05, 0) is 32.9 Å². The van der Waals surface area contributed by atoms with Crippen molar-refractivity contribution in [2.45, 2.75) is 20.8 Å². The first-order chi connectivity index (χ1) is 11.0. The van der Waals surface area contributed by atoms with E-state index in [1.807, 2.05) is 25.1 Å². The Hall–Kier alpha value is -2.60. The first kappa shape index (κ1) is 15.3. The minimum atomic E-state index is -0.268. The third kappa shape index (κ3) is 2.73. The number of halogens is 1. The van der Waals surface area contributed by atoms with Gasteiger partial charge >= 0.3 is 0 Å². The lowest BCUT2D eigenvalue weighted by Gasteiger charge is -2.07. The van der Waals surface area contributed by atoms with Gasteiger partial charge < -0.3 is 9.84 Å². The van der Waals surface area contributed by atoms with Gasteiger partial charge in [0.1, 0.15) is 11.4 Å². The minimum absolute atomic E-state index is 0.268. The second-order valence-electron chi connectivity index (χ2n) is 5.16. The van der Waals surface area contributed by atoms with Crippen LogP contribution in [0.5, 0.6) is 0 Å². The Morgan fingerprint density at radius 3 is 2.65 bits per heavy atom. The fourth-order valence-corrected chi connectivity index (χ4v) is 2.56. The third-order valence-electron chi connectivity index (χ3n) is 3.61. The zero-order valence-corrected chi connectivity index (χ0v) is 13.7. The molecule has 0 unspecified atom stereocenters. The van der Waals surface area contributed by atoms with Gasteiger partial charge in [0.05, 0.1) is 28.2 Å². The largest absolute Gasteiger partial charge is 0.359 e. The highest BCUT2D eigenvalue weighted by molar-refractivity contribution is 6.32. The van der Waals surface area contributed by atoms with Crippen LogP contribution in [-0.2, 0) is 0 Å². The summed E-state index contributed by atoms with van der Waals surface area (Å²) in [5, 5.41) is 11.5. The molecule has 0 aliphatic heterocycles. The summed E-state index contributed by atoms with van der Waals surface area (Å²) in [4.78, 5) is 12.5. The number of carbonyl (C=O) groups is 1. The van der Waals surface area contributed by atoms with Gasteiger partial charge in [0.15, 0.2) is 5.76 Å². The summed E-state index contributed by atoms with van der Waals surface area (Å²) in [5.74, 6) is 0.294. The van der Waals surface area contributed by atoms with Gasteiger partial charge in [-0.1, -0.05) is 28.9 Å². The molecule has 23 heavy (non-hydrogen) atoms. The highest BCUT2D eigenvalue weighted by Crippen LogP contribution is 2.24. The maximum absolute atomic E-state index is 12.5. The molecule has 1 aromatic carbocycles. The van der Waals surface area contributed by atoms with Crippen molar-refractivity contribution in [3.63, 3.8) is 0 Å². The topological polar surface area (TPSA) is 73.0 Å². The zero-order chi connectivity index (χ0) is 16.6. The number of hydrogen-bond donors (Lipinski definition) is 1. The number of para-hydroxylation sites is 1. The molecule has 2 heterocycles. The normalized spacial score (nSPS) is 10.8. The second-order valence-corrected chi connectivity index (χ2v) is 5.57. The molecule has 0 atom stereocenters. The lowest BCUT2D eigenvalue weighted by molar-refractivity contribution is 0.102. The standard InChI is InChI=1S/C16H15ClN4O2/c1-9-15(11(3)23-20-9)19-16(22)12-8-18-21(10(12)2)14-7-5-4-6-13(14)17/h4-8H,1-3H3,(H,19,22). The van der Waals surface area contributed by atoms with Crippen molar-refractivity contribution in [1.29, 1.82) is 0 Å². The van der Waals surface area contributed by atoms with Crippen LogP contribution in [-0.4, -0.2) is 20.8 Å². The number of amides is 1. The Labute approximate surface area is 138 Å². The summed E-state index contributed by atoms with van der Waals surface area (Å²) in [6, 6.07) is 7.33. The predicted octanol–water partition coefficient (Wildman–Crippen LogP) is 3.69. The molecule has 0 bridgehead atoms. The molecule has 1 N–H and O–H groups in total. The van der Waals surface area contributed by atoms with E-state index in [-0.39, 0.29) is 5.91 Å². The Morgan fingerprint density at radius 1 is 1.26 bits per heavy atom. The Kier molecular flexibility index (Phi) is 3.92. The Bertz CT molecular complexity index is 863. The van der Waals surface area contributed by atoms with Crippen LogP contribution in [0.2, 0.25) is 5.02 Å². The maximum atomic E-state index is 12.5. The summed E-state index contributed by atoms with van der Waals surface area (Å²) in [6.07, 6.45) is 1.52. The number of benzene rings is 1. The minimum Gasteiger partial charge on any atom is -0.359 e. The van der Waals surface area contributed by atoms with Crippen LogP contribution in [0.3, 0.4) is 0 Å². The van der Waals surface area contributed by atoms with Crippen molar-refractivity contribution in [1.82, 2.24) is 14.9 Å². The van der Waals surface area contributed by atoms with E-state index in [9.17, 15) is 4.79 Å². The lowest BCUT2D eigenvalue weighted by Crippen LogP contribution is -2.14. The average molecular weight is 331 g/mol. The highest BCUT2D eigenvalue weighted by Gasteiger charge is 2.19. The summed E-state index contributed by atoms with van der Waals surface area (Å²) < 4.78 is 6.69. The van der Waals surface area contributed by atoms with Crippen LogP contribution in [0.4, 0.5) is 5.69 Å². The molecule has 0 saturated heterocycles. The van der Waals surface area contributed by atoms with Gasteiger partial charge in [0.25, 0.3) is 5.91 Å². The van der Waals surface area contributed by atoms with Crippen molar-refractivity contribution in [3.05, 3.63) is 58.2 Å². The number of hydrogen-bond acceptors (Lipinski definition) is 4. The Balaban J connectivity index is 1.93. The van der Waals surface area contributed by atoms with Crippen molar-refractivity contribution >= 4 is 23.2 Å². The number of rotatable bonds is 3. The number of aryl methyl sites for hydroxylation is 2. The van der Waals surface area contributed by atoms with Crippen molar-refractivity contribution in [2.75, 3.05) is 5.32 Å². The van der Waals surface area contributed by atoms with Crippen molar-refractivity contribution < 1.29 is 9.32 Å². The van der Waals surface area contributed by atoms with E-state index in [0.717, 1.165) is 5.69 Å². The van der Waals surface area contributed by atoms with Crippen molar-refractivity contribution in [2.24, 2.45) is 0 Å². The smallest absolute Gasteiger partial charge is 0.259 e. The van der Waals surface area contributed by atoms with Crippen LogP contribution in [0.25, 0.3) is 5.69 Å². The van der Waals surface area contributed by atoms with Crippen LogP contribution < -0.4 is 5.32 Å². The molecule has 1 amide bonds. The summed E-state index contributed by atoms with van der Waals surface area (Å²) in [7, 11) is 0. The van der Waals surface area contributed by atoms with Crippen molar-refractivity contribution in [3.8, 4) is 5.69 Å². The summed E-state index contributed by atoms with van der Waals surface area (Å²) in [6.45, 7) is 5.33. The van der Waals surface area contributed by atoms with E-state index >= 15 is 0 Å². The third-order valence-corrected chi connectivity index (χ3v) is 3.93. The average Bonchev–Trinajstić information content (AvgIpc) is 3.05. The summed E-state index contributed by atoms with van der Waals surface area (Å²) in [5.41, 5.74) is 3.10. The highest BCUT2D eigenvalue weighted by atomic mass is 35.5. The number of nitrogens with one attached hydrogen (secondary N) is 1. The van der Waals surface area contributed by atoms with Crippen LogP contribution >= 0.6 is 11.6 Å². The zero-order valence-electron chi connectivity index (χ0n) is 12.9. The number of carbonyl (C=O) groups excluding carboxylic acids is 1. The van der Waals surface area contributed by atoms with Gasteiger partial charge in [-0.25, -0.2) is 4.68 Å². The summed E-state index contributed by atoms with van der Waals surface area (Å²) >= 11 is 6.19. The van der Waals surface area contributed by atoms with Gasteiger partial charge in [0, 0.05) is 0 Å². The molecular formula is C16H15ClN4O2. The Morgan fingerprint density at radius 2 is 2.00 bits per heavy atom. The molecule has 6 nitrogen and oxygen atoms in total. The number of nitrogens with zero attached hydrogens (tertiary/aromatic N) is 3. The molecule has 118 valence electrons. The van der Waals surface area contributed by atoms with E-state index in [0.29, 0.717) is 33.4 Å². The maximum Gasteiger partial charge on any atom is 0.259 e. The van der Waals surface area contributed by atoms with Crippen LogP contribution in [0.15, 0.2) is 35.0 Å².